The monoisotopic (exact) mass is 404 g/mol. The summed E-state index contributed by atoms with van der Waals surface area (Å²) in [6.45, 7) is 9.52. The summed E-state index contributed by atoms with van der Waals surface area (Å²) >= 11 is 0. The van der Waals surface area contributed by atoms with E-state index < -0.39 is 0 Å². The van der Waals surface area contributed by atoms with Gasteiger partial charge in [-0.3, -0.25) is 9.80 Å². The van der Waals surface area contributed by atoms with Gasteiger partial charge in [0, 0.05) is 57.8 Å². The van der Waals surface area contributed by atoms with Crippen LogP contribution in [0.25, 0.3) is 5.69 Å². The summed E-state index contributed by atoms with van der Waals surface area (Å²) in [5, 5.41) is 14.0. The van der Waals surface area contributed by atoms with E-state index in [1.54, 1.807) is 6.20 Å². The average molecular weight is 405 g/mol. The zero-order valence-corrected chi connectivity index (χ0v) is 18.0. The molecule has 3 aromatic rings. The van der Waals surface area contributed by atoms with E-state index >= 15 is 0 Å². The number of aliphatic hydroxyl groups is 1. The number of aliphatic hydroxyl groups excluding tert-OH is 1. The van der Waals surface area contributed by atoms with Gasteiger partial charge in [-0.1, -0.05) is 35.9 Å². The lowest BCUT2D eigenvalue weighted by atomic mass is 10.0. The molecular formula is C25H32N4O. The summed E-state index contributed by atoms with van der Waals surface area (Å²) in [6.07, 6.45) is 4.60. The normalized spacial score (nSPS) is 18.0. The van der Waals surface area contributed by atoms with Crippen LogP contribution in [0.1, 0.15) is 28.7 Å². The maximum absolute atomic E-state index is 9.63. The number of hydrogen-bond donors (Lipinski definition) is 1. The van der Waals surface area contributed by atoms with Crippen LogP contribution in [0, 0.1) is 13.8 Å². The zero-order valence-electron chi connectivity index (χ0n) is 18.0. The standard InChI is InChI=1S/C25H32N4O/c1-20-4-6-22(7-5-20)17-28-14-13-27(19-25(28)10-15-30)18-23-8-9-24(16-21(23)2)29-12-3-11-26-29/h3-9,11-12,16,25,30H,10,13-15,17-19H2,1-2H3/t25-/m1/s1. The van der Waals surface area contributed by atoms with Crippen molar-refractivity contribution in [2.75, 3.05) is 26.2 Å². The molecule has 1 fully saturated rings. The molecule has 30 heavy (non-hydrogen) atoms. The van der Waals surface area contributed by atoms with Crippen molar-refractivity contribution in [1.29, 1.82) is 0 Å². The van der Waals surface area contributed by atoms with Crippen molar-refractivity contribution in [3.05, 3.63) is 83.2 Å². The quantitative estimate of drug-likeness (QED) is 0.654. The number of aryl methyl sites for hydroxylation is 2. The molecule has 1 aliphatic heterocycles. The molecule has 0 spiro atoms. The Balaban J connectivity index is 1.41. The Hall–Kier alpha value is -2.47. The first-order valence-corrected chi connectivity index (χ1v) is 10.8. The maximum atomic E-state index is 9.63. The summed E-state index contributed by atoms with van der Waals surface area (Å²) in [4.78, 5) is 5.06. The molecule has 2 aromatic carbocycles. The fraction of sp³-hybridized carbons (Fsp3) is 0.400. The Labute approximate surface area is 179 Å². The van der Waals surface area contributed by atoms with Gasteiger partial charge in [0.05, 0.1) is 5.69 Å². The highest BCUT2D eigenvalue weighted by molar-refractivity contribution is 5.39. The highest BCUT2D eigenvalue weighted by Crippen LogP contribution is 2.21. The van der Waals surface area contributed by atoms with Crippen molar-refractivity contribution in [1.82, 2.24) is 19.6 Å². The Morgan fingerprint density at radius 2 is 1.87 bits per heavy atom. The Bertz CT molecular complexity index is 936. The zero-order chi connectivity index (χ0) is 20.9. The molecule has 1 aromatic heterocycles. The molecule has 5 nitrogen and oxygen atoms in total. The third-order valence-corrected chi connectivity index (χ3v) is 6.15. The molecule has 158 valence electrons. The van der Waals surface area contributed by atoms with E-state index in [4.69, 9.17) is 0 Å². The molecule has 1 aliphatic rings. The molecule has 0 amide bonds. The van der Waals surface area contributed by atoms with Gasteiger partial charge < -0.3 is 5.11 Å². The van der Waals surface area contributed by atoms with Gasteiger partial charge in [-0.2, -0.15) is 5.10 Å². The summed E-state index contributed by atoms with van der Waals surface area (Å²) in [7, 11) is 0. The summed E-state index contributed by atoms with van der Waals surface area (Å²) in [5.41, 5.74) is 6.40. The lowest BCUT2D eigenvalue weighted by molar-refractivity contribution is 0.0499. The largest absolute Gasteiger partial charge is 0.396 e. The van der Waals surface area contributed by atoms with Gasteiger partial charge in [0.1, 0.15) is 0 Å². The van der Waals surface area contributed by atoms with Gasteiger partial charge in [0.25, 0.3) is 0 Å². The van der Waals surface area contributed by atoms with Crippen LogP contribution in [0.5, 0.6) is 0 Å². The molecule has 0 bridgehead atoms. The Morgan fingerprint density at radius 3 is 2.57 bits per heavy atom. The molecule has 0 aliphatic carbocycles. The smallest absolute Gasteiger partial charge is 0.0648 e. The highest BCUT2D eigenvalue weighted by atomic mass is 16.3. The fourth-order valence-corrected chi connectivity index (χ4v) is 4.32. The average Bonchev–Trinajstić information content (AvgIpc) is 3.28. The lowest BCUT2D eigenvalue weighted by Gasteiger charge is -2.41. The van der Waals surface area contributed by atoms with Crippen LogP contribution in [-0.4, -0.2) is 57.0 Å². The minimum absolute atomic E-state index is 0.237. The molecule has 0 radical (unpaired) electrons. The van der Waals surface area contributed by atoms with Gasteiger partial charge in [-0.25, -0.2) is 4.68 Å². The lowest BCUT2D eigenvalue weighted by Crippen LogP contribution is -2.52. The minimum Gasteiger partial charge on any atom is -0.396 e. The molecule has 1 saturated heterocycles. The van der Waals surface area contributed by atoms with E-state index in [9.17, 15) is 5.11 Å². The van der Waals surface area contributed by atoms with E-state index in [0.717, 1.165) is 44.8 Å². The summed E-state index contributed by atoms with van der Waals surface area (Å²) in [6, 6.07) is 17.7. The minimum atomic E-state index is 0.237. The Morgan fingerprint density at radius 1 is 1.03 bits per heavy atom. The second-order valence-corrected chi connectivity index (χ2v) is 8.42. The van der Waals surface area contributed by atoms with Gasteiger partial charge in [0.2, 0.25) is 0 Å². The third kappa shape index (κ3) is 4.98. The van der Waals surface area contributed by atoms with Crippen LogP contribution in [0.2, 0.25) is 0 Å². The fourth-order valence-electron chi connectivity index (χ4n) is 4.32. The molecule has 0 unspecified atom stereocenters. The number of nitrogens with zero attached hydrogens (tertiary/aromatic N) is 4. The maximum Gasteiger partial charge on any atom is 0.0648 e. The second kappa shape index (κ2) is 9.56. The first-order chi connectivity index (χ1) is 14.6. The van der Waals surface area contributed by atoms with Crippen LogP contribution < -0.4 is 0 Å². The molecule has 2 heterocycles. The molecule has 1 atom stereocenters. The van der Waals surface area contributed by atoms with Gasteiger partial charge in [-0.05, 0) is 55.2 Å². The van der Waals surface area contributed by atoms with Gasteiger partial charge in [0.15, 0.2) is 0 Å². The topological polar surface area (TPSA) is 44.5 Å². The van der Waals surface area contributed by atoms with Crippen LogP contribution in [-0.2, 0) is 13.1 Å². The third-order valence-electron chi connectivity index (χ3n) is 6.15. The number of aromatic nitrogens is 2. The van der Waals surface area contributed by atoms with Crippen molar-refractivity contribution in [2.24, 2.45) is 0 Å². The molecular weight excluding hydrogens is 372 g/mol. The molecule has 0 saturated carbocycles. The van der Waals surface area contributed by atoms with Crippen molar-refractivity contribution < 1.29 is 5.11 Å². The first kappa shape index (κ1) is 20.8. The number of benzene rings is 2. The van der Waals surface area contributed by atoms with Crippen LogP contribution >= 0.6 is 0 Å². The predicted octanol–water partition coefficient (Wildman–Crippen LogP) is 3.56. The number of rotatable bonds is 7. The number of piperazine rings is 1. The van der Waals surface area contributed by atoms with E-state index in [0.29, 0.717) is 6.04 Å². The van der Waals surface area contributed by atoms with Gasteiger partial charge >= 0.3 is 0 Å². The second-order valence-electron chi connectivity index (χ2n) is 8.42. The van der Waals surface area contributed by atoms with Crippen molar-refractivity contribution in [3.8, 4) is 5.69 Å². The van der Waals surface area contributed by atoms with Gasteiger partial charge in [-0.15, -0.1) is 0 Å². The van der Waals surface area contributed by atoms with Crippen LogP contribution in [0.3, 0.4) is 0 Å². The van der Waals surface area contributed by atoms with E-state index in [-0.39, 0.29) is 6.61 Å². The summed E-state index contributed by atoms with van der Waals surface area (Å²) in [5.74, 6) is 0. The van der Waals surface area contributed by atoms with Crippen molar-refractivity contribution in [2.45, 2.75) is 39.4 Å². The highest BCUT2D eigenvalue weighted by Gasteiger charge is 2.26. The SMILES string of the molecule is Cc1ccc(CN2CCN(Cc3ccc(-n4cccn4)cc3C)C[C@H]2CCO)cc1. The van der Waals surface area contributed by atoms with E-state index in [2.05, 4.69) is 71.2 Å². The summed E-state index contributed by atoms with van der Waals surface area (Å²) < 4.78 is 1.90. The number of hydrogen-bond acceptors (Lipinski definition) is 4. The molecule has 4 rings (SSSR count). The van der Waals surface area contributed by atoms with Crippen LogP contribution in [0.15, 0.2) is 60.9 Å². The first-order valence-electron chi connectivity index (χ1n) is 10.8. The van der Waals surface area contributed by atoms with Crippen molar-refractivity contribution >= 4 is 0 Å². The van der Waals surface area contributed by atoms with Crippen molar-refractivity contribution in [3.63, 3.8) is 0 Å². The molecule has 1 N–H and O–H groups in total. The van der Waals surface area contributed by atoms with Crippen LogP contribution in [0.4, 0.5) is 0 Å². The van der Waals surface area contributed by atoms with E-state index in [1.807, 2.05) is 16.9 Å². The Kier molecular flexibility index (Phi) is 6.62. The van der Waals surface area contributed by atoms with E-state index in [1.165, 1.54) is 22.3 Å². The predicted molar refractivity (Wildman–Crippen MR) is 121 cm³/mol. The molecule has 5 heteroatoms.